The number of carboxylic acids is 1. The third-order valence-corrected chi connectivity index (χ3v) is 6.49. The molecule has 3 N–H and O–H groups in total. The van der Waals surface area contributed by atoms with Crippen molar-refractivity contribution in [3.8, 4) is 0 Å². The normalized spacial score (nSPS) is 29.1. The van der Waals surface area contributed by atoms with E-state index in [0.29, 0.717) is 0 Å². The first-order chi connectivity index (χ1) is 9.31. The number of aryl methyl sites for hydroxylation is 1. The molecule has 1 fully saturated rings. The zero-order valence-corrected chi connectivity index (χ0v) is 12.4. The number of aliphatic carboxylic acids is 1. The molecule has 1 aliphatic rings. The summed E-state index contributed by atoms with van der Waals surface area (Å²) in [5.41, 5.74) is 6.01. The highest BCUT2D eigenvalue weighted by Crippen LogP contribution is 2.62. The van der Waals surface area contributed by atoms with Crippen molar-refractivity contribution in [3.05, 3.63) is 35.4 Å². The summed E-state index contributed by atoms with van der Waals surface area (Å²) in [4.78, 5) is 11.6. The highest BCUT2D eigenvalue weighted by molar-refractivity contribution is 7.92. The molecule has 0 aliphatic heterocycles. The molecule has 110 valence electrons. The first-order valence-corrected chi connectivity index (χ1v) is 8.24. The van der Waals surface area contributed by atoms with Crippen molar-refractivity contribution >= 4 is 15.8 Å². The molecule has 3 atom stereocenters. The third-order valence-electron chi connectivity index (χ3n) is 4.22. The van der Waals surface area contributed by atoms with Crippen LogP contribution < -0.4 is 5.73 Å². The van der Waals surface area contributed by atoms with Gasteiger partial charge in [-0.25, -0.2) is 8.42 Å². The Morgan fingerprint density at radius 2 is 1.90 bits per heavy atom. The molecule has 0 unspecified atom stereocenters. The Balaban J connectivity index is 2.50. The van der Waals surface area contributed by atoms with E-state index in [1.807, 2.05) is 19.1 Å². The minimum absolute atomic E-state index is 0.0743. The van der Waals surface area contributed by atoms with Crippen LogP contribution in [0.5, 0.6) is 0 Å². The molecule has 0 radical (unpaired) electrons. The van der Waals surface area contributed by atoms with Crippen LogP contribution in [0.3, 0.4) is 0 Å². The summed E-state index contributed by atoms with van der Waals surface area (Å²) in [5.74, 6) is -1.77. The van der Waals surface area contributed by atoms with E-state index < -0.39 is 32.4 Å². The number of hydrogen-bond donors (Lipinski definition) is 2. The third kappa shape index (κ3) is 2.03. The molecule has 1 aromatic carbocycles. The molecular formula is C14H19NO4S. The average Bonchev–Trinajstić information content (AvgIpc) is 3.11. The molecule has 0 heterocycles. The maximum atomic E-state index is 12.2. The van der Waals surface area contributed by atoms with Gasteiger partial charge in [0.15, 0.2) is 9.84 Å². The second-order valence-electron chi connectivity index (χ2n) is 5.31. The first-order valence-electron chi connectivity index (χ1n) is 6.53. The van der Waals surface area contributed by atoms with Crippen molar-refractivity contribution in [1.29, 1.82) is 0 Å². The van der Waals surface area contributed by atoms with Crippen LogP contribution in [0.1, 0.15) is 24.0 Å². The molecule has 1 aliphatic carbocycles. The van der Waals surface area contributed by atoms with Crippen molar-refractivity contribution in [3.63, 3.8) is 0 Å². The van der Waals surface area contributed by atoms with E-state index in [1.54, 1.807) is 12.1 Å². The Kier molecular flexibility index (Phi) is 3.64. The van der Waals surface area contributed by atoms with Gasteiger partial charge >= 0.3 is 5.97 Å². The van der Waals surface area contributed by atoms with E-state index >= 15 is 0 Å². The summed E-state index contributed by atoms with van der Waals surface area (Å²) in [5, 5.41) is 8.55. The highest BCUT2D eigenvalue weighted by Gasteiger charge is 2.74. The van der Waals surface area contributed by atoms with E-state index in [1.165, 1.54) is 6.92 Å². The quantitative estimate of drug-likeness (QED) is 0.842. The number of hydrogen-bond acceptors (Lipinski definition) is 4. The Labute approximate surface area is 118 Å². The number of benzene rings is 1. The van der Waals surface area contributed by atoms with Gasteiger partial charge in [-0.1, -0.05) is 36.8 Å². The molecular weight excluding hydrogens is 278 g/mol. The Bertz CT molecular complexity index is 623. The Morgan fingerprint density at radius 3 is 2.30 bits per heavy atom. The lowest BCUT2D eigenvalue weighted by Crippen LogP contribution is -2.32. The number of sulfone groups is 1. The monoisotopic (exact) mass is 297 g/mol. The fraction of sp³-hybridized carbons (Fsp3) is 0.500. The number of rotatable bonds is 5. The molecule has 6 heteroatoms. The summed E-state index contributed by atoms with van der Waals surface area (Å²) in [7, 11) is -3.46. The lowest BCUT2D eigenvalue weighted by Gasteiger charge is -2.09. The minimum atomic E-state index is -3.46. The maximum Gasteiger partial charge on any atom is 0.312 e. The van der Waals surface area contributed by atoms with Crippen LogP contribution in [0.15, 0.2) is 24.3 Å². The molecule has 20 heavy (non-hydrogen) atoms. The molecule has 0 bridgehead atoms. The standard InChI is InChI=1S/C14H19NO4S/c1-3-20(18,19)12-11(14(12,8-15)13(16)17)10-6-4-9(2)5-7-10/h4-7,11-12H,3,8,15H2,1-2H3,(H,16,17)/t11-,12-,14+/m0/s1. The number of nitrogens with two attached hydrogens (primary N) is 1. The molecule has 1 aromatic rings. The van der Waals surface area contributed by atoms with Crippen molar-refractivity contribution < 1.29 is 18.3 Å². The van der Waals surface area contributed by atoms with Crippen LogP contribution in [0.4, 0.5) is 0 Å². The topological polar surface area (TPSA) is 97.5 Å². The lowest BCUT2D eigenvalue weighted by atomic mass is 9.99. The molecule has 1 saturated carbocycles. The highest BCUT2D eigenvalue weighted by atomic mass is 32.2. The van der Waals surface area contributed by atoms with Crippen LogP contribution in [0.2, 0.25) is 0 Å². The van der Waals surface area contributed by atoms with Gasteiger partial charge in [-0.3, -0.25) is 4.79 Å². The van der Waals surface area contributed by atoms with Gasteiger partial charge in [0.1, 0.15) is 5.41 Å². The smallest absolute Gasteiger partial charge is 0.312 e. The van der Waals surface area contributed by atoms with Crippen LogP contribution in [-0.2, 0) is 14.6 Å². The van der Waals surface area contributed by atoms with E-state index in [-0.39, 0.29) is 12.3 Å². The summed E-state index contributed by atoms with van der Waals surface area (Å²) >= 11 is 0. The van der Waals surface area contributed by atoms with Crippen molar-refractivity contribution in [2.24, 2.45) is 11.1 Å². The van der Waals surface area contributed by atoms with Crippen molar-refractivity contribution in [2.45, 2.75) is 25.0 Å². The molecule has 0 saturated heterocycles. The van der Waals surface area contributed by atoms with Gasteiger partial charge in [0.2, 0.25) is 0 Å². The second kappa shape index (κ2) is 4.86. The SMILES string of the molecule is CCS(=O)(=O)[C@H]1[C@H](c2ccc(C)cc2)[C@@]1(CN)C(=O)O. The average molecular weight is 297 g/mol. The number of carbonyl (C=O) groups is 1. The van der Waals surface area contributed by atoms with Gasteiger partial charge in [0.05, 0.1) is 5.25 Å². The van der Waals surface area contributed by atoms with E-state index in [2.05, 4.69) is 0 Å². The summed E-state index contributed by atoms with van der Waals surface area (Å²) < 4.78 is 24.3. The summed E-state index contributed by atoms with van der Waals surface area (Å²) in [6, 6.07) is 7.29. The van der Waals surface area contributed by atoms with Gasteiger partial charge in [-0.15, -0.1) is 0 Å². The van der Waals surface area contributed by atoms with Crippen LogP contribution in [-0.4, -0.2) is 37.0 Å². The van der Waals surface area contributed by atoms with E-state index in [9.17, 15) is 18.3 Å². The minimum Gasteiger partial charge on any atom is -0.481 e. The molecule has 0 aromatic heterocycles. The van der Waals surface area contributed by atoms with Gasteiger partial charge < -0.3 is 10.8 Å². The first kappa shape index (κ1) is 15.0. The molecule has 5 nitrogen and oxygen atoms in total. The predicted octanol–water partition coefficient (Wildman–Crippen LogP) is 0.925. The summed E-state index contributed by atoms with van der Waals surface area (Å²) in [6.07, 6.45) is 0. The van der Waals surface area contributed by atoms with Gasteiger partial charge in [-0.2, -0.15) is 0 Å². The zero-order chi connectivity index (χ0) is 15.1. The fourth-order valence-electron chi connectivity index (χ4n) is 2.94. The largest absolute Gasteiger partial charge is 0.481 e. The van der Waals surface area contributed by atoms with Gasteiger partial charge in [-0.05, 0) is 12.5 Å². The van der Waals surface area contributed by atoms with E-state index in [0.717, 1.165) is 11.1 Å². The van der Waals surface area contributed by atoms with Crippen LogP contribution >= 0.6 is 0 Å². The lowest BCUT2D eigenvalue weighted by molar-refractivity contribution is -0.143. The maximum absolute atomic E-state index is 12.2. The number of carboxylic acid groups (broad SMARTS) is 1. The van der Waals surface area contributed by atoms with Crippen molar-refractivity contribution in [1.82, 2.24) is 0 Å². The Morgan fingerprint density at radius 1 is 1.35 bits per heavy atom. The zero-order valence-electron chi connectivity index (χ0n) is 11.5. The fourth-order valence-corrected chi connectivity index (χ4v) is 5.02. The molecule has 2 rings (SSSR count). The van der Waals surface area contributed by atoms with E-state index in [4.69, 9.17) is 5.73 Å². The van der Waals surface area contributed by atoms with Crippen molar-refractivity contribution in [2.75, 3.05) is 12.3 Å². The van der Waals surface area contributed by atoms with Gasteiger partial charge in [0, 0.05) is 18.2 Å². The van der Waals surface area contributed by atoms with Crippen LogP contribution in [0.25, 0.3) is 0 Å². The predicted molar refractivity (Wildman–Crippen MR) is 76.3 cm³/mol. The molecule has 0 spiro atoms. The second-order valence-corrected chi connectivity index (χ2v) is 7.72. The van der Waals surface area contributed by atoms with Crippen LogP contribution in [0, 0.1) is 12.3 Å². The Hall–Kier alpha value is -1.40. The summed E-state index contributed by atoms with van der Waals surface area (Å²) in [6.45, 7) is 3.28. The molecule has 0 amide bonds. The van der Waals surface area contributed by atoms with Gasteiger partial charge in [0.25, 0.3) is 0 Å².